The molecule has 12 nitrogen and oxygen atoms in total. The van der Waals surface area contributed by atoms with Crippen LogP contribution in [0, 0.1) is 12.3 Å². The quantitative estimate of drug-likeness (QED) is 0.166. The maximum Gasteiger partial charge on any atom is 0.246 e. The van der Waals surface area contributed by atoms with Crippen LogP contribution in [0.4, 0.5) is 0 Å². The zero-order valence-electron chi connectivity index (χ0n) is 22.6. The van der Waals surface area contributed by atoms with Gasteiger partial charge in [-0.25, -0.2) is 4.98 Å². The fourth-order valence-corrected chi connectivity index (χ4v) is 5.11. The summed E-state index contributed by atoms with van der Waals surface area (Å²) in [6, 6.07) is 6.01. The summed E-state index contributed by atoms with van der Waals surface area (Å²) in [5.41, 5.74) is 12.3. The highest BCUT2D eigenvalue weighted by Crippen LogP contribution is 2.28. The van der Waals surface area contributed by atoms with Crippen molar-refractivity contribution >= 4 is 29.1 Å². The summed E-state index contributed by atoms with van der Waals surface area (Å²) >= 11 is 1.57. The molecule has 2 aromatic rings. The summed E-state index contributed by atoms with van der Waals surface area (Å²) in [6.45, 7) is 7.47. The van der Waals surface area contributed by atoms with Gasteiger partial charge in [0.25, 0.3) is 0 Å². The first-order chi connectivity index (χ1) is 18.5. The van der Waals surface area contributed by atoms with Crippen LogP contribution in [0.3, 0.4) is 0 Å². The Labute approximate surface area is 231 Å². The van der Waals surface area contributed by atoms with Gasteiger partial charge in [-0.3, -0.25) is 14.4 Å². The van der Waals surface area contributed by atoms with E-state index in [9.17, 15) is 19.5 Å². The van der Waals surface area contributed by atoms with Gasteiger partial charge in [-0.2, -0.15) is 0 Å². The second-order valence-electron chi connectivity index (χ2n) is 10.5. The molecule has 3 atom stereocenters. The van der Waals surface area contributed by atoms with Crippen LogP contribution in [0.1, 0.15) is 38.4 Å². The number of thiazole rings is 1. The molecule has 0 saturated carbocycles. The van der Waals surface area contributed by atoms with Crippen LogP contribution >= 0.6 is 11.3 Å². The molecule has 1 aliphatic rings. The Morgan fingerprint density at radius 1 is 1.31 bits per heavy atom. The minimum absolute atomic E-state index is 0.00900. The molecule has 2 heterocycles. The Balaban J connectivity index is 1.62. The highest BCUT2D eigenvalue weighted by molar-refractivity contribution is 7.13. The molecule has 1 saturated heterocycles. The number of aliphatic hydroxyl groups excluding tert-OH is 1. The van der Waals surface area contributed by atoms with Crippen LogP contribution in [0.15, 0.2) is 34.9 Å². The number of carbonyl (C=O) groups is 3. The third-order valence-corrected chi connectivity index (χ3v) is 7.32. The Kier molecular flexibility index (Phi) is 10.4. The number of aryl methyl sites for hydroxylation is 1. The Morgan fingerprint density at radius 3 is 2.64 bits per heavy atom. The van der Waals surface area contributed by atoms with Crippen LogP contribution in [0.2, 0.25) is 0 Å². The van der Waals surface area contributed by atoms with E-state index in [0.29, 0.717) is 0 Å². The summed E-state index contributed by atoms with van der Waals surface area (Å²) in [4.78, 5) is 48.5. The first-order valence-electron chi connectivity index (χ1n) is 12.6. The lowest BCUT2D eigenvalue weighted by Crippen LogP contribution is -2.58. The van der Waals surface area contributed by atoms with E-state index < -0.39 is 35.4 Å². The second-order valence-corrected chi connectivity index (χ2v) is 11.3. The number of nitrogens with one attached hydrogen (secondary N) is 2. The molecule has 0 aliphatic carbocycles. The van der Waals surface area contributed by atoms with Gasteiger partial charge in [-0.15, -0.1) is 11.3 Å². The lowest BCUT2D eigenvalue weighted by molar-refractivity contribution is -0.144. The molecule has 3 amide bonds. The summed E-state index contributed by atoms with van der Waals surface area (Å²) < 4.78 is 5.19. The topological polar surface area (TPSA) is 170 Å². The number of hydrogen-bond donors (Lipinski definition) is 3. The lowest BCUT2D eigenvalue weighted by atomic mass is 9.85. The van der Waals surface area contributed by atoms with Gasteiger partial charge in [0.05, 0.1) is 28.8 Å². The van der Waals surface area contributed by atoms with E-state index in [1.165, 1.54) is 4.90 Å². The molecule has 1 aromatic carbocycles. The van der Waals surface area contributed by atoms with E-state index in [1.54, 1.807) is 37.6 Å². The number of benzene rings is 1. The molecule has 210 valence electrons. The minimum atomic E-state index is -0.950. The molecule has 1 aromatic heterocycles. The largest absolute Gasteiger partial charge is 0.391 e. The van der Waals surface area contributed by atoms with Crippen LogP contribution in [-0.2, 0) is 25.7 Å². The number of amides is 3. The van der Waals surface area contributed by atoms with Gasteiger partial charge < -0.3 is 25.4 Å². The van der Waals surface area contributed by atoms with Crippen molar-refractivity contribution in [3.63, 3.8) is 0 Å². The smallest absolute Gasteiger partial charge is 0.246 e. The molecule has 3 N–H and O–H groups in total. The molecule has 0 unspecified atom stereocenters. The molecule has 3 rings (SSSR count). The number of hydrogen-bond acceptors (Lipinski definition) is 8. The highest BCUT2D eigenvalue weighted by atomic mass is 32.1. The Morgan fingerprint density at radius 2 is 2.03 bits per heavy atom. The van der Waals surface area contributed by atoms with Gasteiger partial charge in [0.2, 0.25) is 17.7 Å². The average Bonchev–Trinajstić information content (AvgIpc) is 3.50. The Bertz CT molecular complexity index is 1200. The SMILES string of the molecule is Cc1ncsc1-c1ccc(CNC(=O)[C@@H]2C[C@H](O)CN2C(=O)[C@@H](NC(=O)COCCN=[N+]=[N-])C(C)(C)C)cc1. The number of carbonyl (C=O) groups excluding carboxylic acids is 3. The van der Waals surface area contributed by atoms with Crippen LogP contribution in [-0.4, -0.2) is 77.2 Å². The normalized spacial score (nSPS) is 17.8. The van der Waals surface area contributed by atoms with Crippen molar-refractivity contribution in [1.82, 2.24) is 20.5 Å². The van der Waals surface area contributed by atoms with Crippen LogP contribution in [0.5, 0.6) is 0 Å². The number of azide groups is 1. The fraction of sp³-hybridized carbons (Fsp3) is 0.538. The first kappa shape index (κ1) is 30.0. The highest BCUT2D eigenvalue weighted by Gasteiger charge is 2.44. The third kappa shape index (κ3) is 8.24. The number of aliphatic hydroxyl groups is 1. The number of nitrogens with zero attached hydrogens (tertiary/aromatic N) is 5. The van der Waals surface area contributed by atoms with Crippen molar-refractivity contribution in [3.05, 3.63) is 51.5 Å². The van der Waals surface area contributed by atoms with Crippen molar-refractivity contribution in [2.45, 2.75) is 58.8 Å². The third-order valence-electron chi connectivity index (χ3n) is 6.34. The van der Waals surface area contributed by atoms with Crippen molar-refractivity contribution in [2.24, 2.45) is 10.5 Å². The lowest BCUT2D eigenvalue weighted by Gasteiger charge is -2.35. The monoisotopic (exact) mass is 557 g/mol. The van der Waals surface area contributed by atoms with Gasteiger partial charge in [0.1, 0.15) is 18.7 Å². The van der Waals surface area contributed by atoms with Gasteiger partial charge >= 0.3 is 0 Å². The molecule has 0 spiro atoms. The number of likely N-dealkylation sites (tertiary alicyclic amines) is 1. The van der Waals surface area contributed by atoms with Crippen molar-refractivity contribution in [2.75, 3.05) is 26.3 Å². The predicted octanol–water partition coefficient (Wildman–Crippen LogP) is 2.55. The molecule has 39 heavy (non-hydrogen) atoms. The maximum absolute atomic E-state index is 13.6. The molecule has 0 bridgehead atoms. The molecular formula is C26H35N7O5S. The summed E-state index contributed by atoms with van der Waals surface area (Å²) in [6.07, 6.45) is -0.749. The van der Waals surface area contributed by atoms with E-state index >= 15 is 0 Å². The van der Waals surface area contributed by atoms with Gasteiger partial charge in [0.15, 0.2) is 0 Å². The van der Waals surface area contributed by atoms with E-state index in [0.717, 1.165) is 21.7 Å². The van der Waals surface area contributed by atoms with Gasteiger partial charge in [-0.05, 0) is 29.0 Å². The maximum atomic E-state index is 13.6. The number of β-amino-alcohol motifs (C(OH)–C–C–N with tert-alkyl or cyclic N) is 1. The Hall–Kier alpha value is -3.51. The fourth-order valence-electron chi connectivity index (χ4n) is 4.30. The predicted molar refractivity (Wildman–Crippen MR) is 146 cm³/mol. The first-order valence-corrected chi connectivity index (χ1v) is 13.5. The standard InChI is InChI=1S/C26H35N7O5S/c1-16-22(39-15-29-16)18-7-5-17(6-8-18)12-28-24(36)20-11-19(34)13-33(20)25(37)23(26(2,3)4)31-21(35)14-38-10-9-30-32-27/h5-8,15,19-20,23,34H,9-14H2,1-4H3,(H,28,36)(H,31,35)/t19-,20-,23+/m0/s1. The zero-order chi connectivity index (χ0) is 28.6. The van der Waals surface area contributed by atoms with Gasteiger partial charge in [0, 0.05) is 31.0 Å². The summed E-state index contributed by atoms with van der Waals surface area (Å²) in [5, 5.41) is 19.2. The van der Waals surface area contributed by atoms with Gasteiger partial charge in [-0.1, -0.05) is 50.2 Å². The molecule has 1 aliphatic heterocycles. The summed E-state index contributed by atoms with van der Waals surface area (Å²) in [7, 11) is 0. The zero-order valence-corrected chi connectivity index (χ0v) is 23.4. The molecule has 13 heteroatoms. The molecule has 1 fully saturated rings. The molecule has 0 radical (unpaired) electrons. The van der Waals surface area contributed by atoms with Crippen molar-refractivity contribution < 1.29 is 24.2 Å². The van der Waals surface area contributed by atoms with Crippen LogP contribution in [0.25, 0.3) is 20.9 Å². The minimum Gasteiger partial charge on any atom is -0.391 e. The van der Waals surface area contributed by atoms with Crippen LogP contribution < -0.4 is 10.6 Å². The van der Waals surface area contributed by atoms with E-state index in [-0.39, 0.29) is 45.2 Å². The molecular weight excluding hydrogens is 522 g/mol. The van der Waals surface area contributed by atoms with E-state index in [1.807, 2.05) is 31.2 Å². The van der Waals surface area contributed by atoms with E-state index in [2.05, 4.69) is 25.6 Å². The summed E-state index contributed by atoms with van der Waals surface area (Å²) in [5.74, 6) is -1.34. The number of aromatic nitrogens is 1. The van der Waals surface area contributed by atoms with Crippen molar-refractivity contribution in [3.8, 4) is 10.4 Å². The number of rotatable bonds is 11. The van der Waals surface area contributed by atoms with Crippen molar-refractivity contribution in [1.29, 1.82) is 0 Å². The van der Waals surface area contributed by atoms with E-state index in [4.69, 9.17) is 10.3 Å². The number of ether oxygens (including phenoxy) is 1. The second kappa shape index (κ2) is 13.5. The average molecular weight is 558 g/mol.